The molecule has 0 saturated heterocycles. The van der Waals surface area contributed by atoms with Crippen LogP contribution in [0.25, 0.3) is 125 Å². The number of benzene rings is 12. The van der Waals surface area contributed by atoms with E-state index in [9.17, 15) is 0 Å². The monoisotopic (exact) mass is 681 g/mol. The first-order chi connectivity index (χ1) is 26.7. The van der Waals surface area contributed by atoms with Crippen LogP contribution in [0.2, 0.25) is 0 Å². The average Bonchev–Trinajstić information content (AvgIpc) is 3.55. The van der Waals surface area contributed by atoms with Gasteiger partial charge in [-0.2, -0.15) is 0 Å². The Morgan fingerprint density at radius 3 is 1.17 bits per heavy atom. The lowest BCUT2D eigenvalue weighted by Crippen LogP contribution is -1.95. The predicted molar refractivity (Wildman–Crippen MR) is 232 cm³/mol. The molecular formula is C53H31N. The fourth-order valence-corrected chi connectivity index (χ4v) is 10.0. The maximum absolute atomic E-state index is 2.52. The van der Waals surface area contributed by atoms with Crippen molar-refractivity contribution in [2.45, 2.75) is 6.92 Å². The summed E-state index contributed by atoms with van der Waals surface area (Å²) < 4.78 is 2.52. The quantitative estimate of drug-likeness (QED) is 0.164. The molecule has 13 aromatic rings. The summed E-state index contributed by atoms with van der Waals surface area (Å²) in [7, 11) is 0. The zero-order valence-corrected chi connectivity index (χ0v) is 29.6. The SMILES string of the molecule is Cc1ccc(-n2c3cc(-c4ccc5ccc6cccc7ccc4c5c67)cc4ccc5cc(-c6ccc7ccc8cccc9ccc6c7c89)cc2c5c43)cc1. The summed E-state index contributed by atoms with van der Waals surface area (Å²) in [6, 6.07) is 64.4. The summed E-state index contributed by atoms with van der Waals surface area (Å²) in [6.45, 7) is 2.17. The minimum atomic E-state index is 1.18. The molecule has 0 atom stereocenters. The van der Waals surface area contributed by atoms with Gasteiger partial charge in [-0.3, -0.25) is 0 Å². The van der Waals surface area contributed by atoms with Crippen LogP contribution in [0.1, 0.15) is 5.56 Å². The smallest absolute Gasteiger partial charge is 0.0553 e. The summed E-state index contributed by atoms with van der Waals surface area (Å²) in [6.07, 6.45) is 0. The van der Waals surface area contributed by atoms with Crippen LogP contribution in [-0.4, -0.2) is 4.57 Å². The van der Waals surface area contributed by atoms with Gasteiger partial charge in [-0.1, -0.05) is 139 Å². The van der Waals surface area contributed by atoms with Gasteiger partial charge >= 0.3 is 0 Å². The molecule has 1 heteroatoms. The van der Waals surface area contributed by atoms with Gasteiger partial charge in [-0.15, -0.1) is 0 Å². The van der Waals surface area contributed by atoms with Gasteiger partial charge < -0.3 is 4.57 Å². The van der Waals surface area contributed by atoms with Crippen molar-refractivity contribution < 1.29 is 0 Å². The van der Waals surface area contributed by atoms with Crippen molar-refractivity contribution in [2.24, 2.45) is 0 Å². The van der Waals surface area contributed by atoms with Gasteiger partial charge in [0, 0.05) is 16.5 Å². The largest absolute Gasteiger partial charge is 0.309 e. The van der Waals surface area contributed by atoms with E-state index in [1.807, 2.05) is 0 Å². The maximum Gasteiger partial charge on any atom is 0.0553 e. The molecule has 0 fully saturated rings. The van der Waals surface area contributed by atoms with E-state index in [1.54, 1.807) is 0 Å². The lowest BCUT2D eigenvalue weighted by atomic mass is 9.88. The molecule has 0 aliphatic rings. The molecule has 1 nitrogen and oxygen atoms in total. The molecule has 0 radical (unpaired) electrons. The van der Waals surface area contributed by atoms with Crippen molar-refractivity contribution >= 4 is 97.2 Å². The van der Waals surface area contributed by atoms with Gasteiger partial charge in [0.15, 0.2) is 0 Å². The molecule has 0 aliphatic heterocycles. The molecular weight excluding hydrogens is 651 g/mol. The predicted octanol–water partition coefficient (Wildman–Crippen LogP) is 14.8. The molecule has 1 heterocycles. The first kappa shape index (κ1) is 28.6. The Kier molecular flexibility index (Phi) is 5.36. The van der Waals surface area contributed by atoms with Gasteiger partial charge in [0.05, 0.1) is 11.0 Å². The minimum Gasteiger partial charge on any atom is -0.309 e. The van der Waals surface area contributed by atoms with Gasteiger partial charge in [-0.05, 0) is 141 Å². The molecule has 1 aromatic heterocycles. The Labute approximate surface area is 310 Å². The van der Waals surface area contributed by atoms with Crippen LogP contribution >= 0.6 is 0 Å². The normalized spacial score (nSPS) is 12.5. The Hall–Kier alpha value is -6.96. The average molecular weight is 682 g/mol. The van der Waals surface area contributed by atoms with Crippen molar-refractivity contribution in [3.05, 3.63) is 175 Å². The van der Waals surface area contributed by atoms with Crippen molar-refractivity contribution in [3.8, 4) is 27.9 Å². The first-order valence-electron chi connectivity index (χ1n) is 18.9. The third-order valence-electron chi connectivity index (χ3n) is 12.4. The standard InChI is InChI=1S/C53H31N/c1-30-8-20-41(21-9-30)54-46-28-39(42-22-16-35-12-10-31-4-2-6-33-18-24-44(42)50(35)48(31)33)26-37-14-15-38-27-40(29-47(54)53(38)52(37)46)43-23-17-36-13-11-32-5-3-7-34-19-25-45(43)51(36)49(32)34/h2-29H,1H3. The van der Waals surface area contributed by atoms with E-state index >= 15 is 0 Å². The van der Waals surface area contributed by atoms with E-state index < -0.39 is 0 Å². The second kappa shape index (κ2) is 10.1. The Balaban J connectivity index is 1.12. The highest BCUT2D eigenvalue weighted by Crippen LogP contribution is 2.47. The minimum absolute atomic E-state index is 1.18. The summed E-state index contributed by atoms with van der Waals surface area (Å²) in [4.78, 5) is 0. The van der Waals surface area contributed by atoms with Crippen LogP contribution in [0.4, 0.5) is 0 Å². The first-order valence-corrected chi connectivity index (χ1v) is 18.9. The molecule has 248 valence electrons. The third kappa shape index (κ3) is 3.68. The second-order valence-corrected chi connectivity index (χ2v) is 15.4. The molecule has 13 rings (SSSR count). The topological polar surface area (TPSA) is 4.93 Å². The maximum atomic E-state index is 2.52. The fourth-order valence-electron chi connectivity index (χ4n) is 10.0. The highest BCUT2D eigenvalue weighted by molar-refractivity contribution is 6.29. The van der Waals surface area contributed by atoms with Crippen LogP contribution in [0.15, 0.2) is 170 Å². The Morgan fingerprint density at radius 1 is 0.315 bits per heavy atom. The van der Waals surface area contributed by atoms with Crippen molar-refractivity contribution in [1.82, 2.24) is 4.57 Å². The number of aromatic nitrogens is 1. The second-order valence-electron chi connectivity index (χ2n) is 15.4. The lowest BCUT2D eigenvalue weighted by Gasteiger charge is -2.15. The Morgan fingerprint density at radius 2 is 0.704 bits per heavy atom. The number of rotatable bonds is 3. The van der Waals surface area contributed by atoms with Crippen LogP contribution in [-0.2, 0) is 0 Å². The molecule has 0 bridgehead atoms. The van der Waals surface area contributed by atoms with E-state index in [1.165, 1.54) is 131 Å². The fraction of sp³-hybridized carbons (Fsp3) is 0.0189. The highest BCUT2D eigenvalue weighted by atomic mass is 15.0. The van der Waals surface area contributed by atoms with Gasteiger partial charge in [0.2, 0.25) is 0 Å². The van der Waals surface area contributed by atoms with Gasteiger partial charge in [0.25, 0.3) is 0 Å². The summed E-state index contributed by atoms with van der Waals surface area (Å²) in [5.74, 6) is 0. The van der Waals surface area contributed by atoms with E-state index in [2.05, 4.69) is 181 Å². The molecule has 0 unspecified atom stereocenters. The number of hydrogen-bond acceptors (Lipinski definition) is 0. The van der Waals surface area contributed by atoms with Crippen molar-refractivity contribution in [3.63, 3.8) is 0 Å². The van der Waals surface area contributed by atoms with E-state index in [0.29, 0.717) is 0 Å². The summed E-state index contributed by atoms with van der Waals surface area (Å²) in [5.41, 5.74) is 9.95. The van der Waals surface area contributed by atoms with Crippen LogP contribution in [0.3, 0.4) is 0 Å². The Bertz CT molecular complexity index is 3400. The zero-order valence-electron chi connectivity index (χ0n) is 29.6. The van der Waals surface area contributed by atoms with Gasteiger partial charge in [-0.25, -0.2) is 0 Å². The van der Waals surface area contributed by atoms with Crippen molar-refractivity contribution in [2.75, 3.05) is 0 Å². The van der Waals surface area contributed by atoms with Gasteiger partial charge in [0.1, 0.15) is 0 Å². The number of hydrogen-bond donors (Lipinski definition) is 0. The lowest BCUT2D eigenvalue weighted by molar-refractivity contribution is 1.18. The number of nitrogens with zero attached hydrogens (tertiary/aromatic N) is 1. The molecule has 0 spiro atoms. The number of aryl methyl sites for hydroxylation is 1. The molecule has 0 saturated carbocycles. The van der Waals surface area contributed by atoms with E-state index in [-0.39, 0.29) is 0 Å². The third-order valence-corrected chi connectivity index (χ3v) is 12.4. The highest BCUT2D eigenvalue weighted by Gasteiger charge is 2.22. The molecule has 54 heavy (non-hydrogen) atoms. The molecule has 0 amide bonds. The van der Waals surface area contributed by atoms with Crippen LogP contribution in [0.5, 0.6) is 0 Å². The molecule has 0 aliphatic carbocycles. The van der Waals surface area contributed by atoms with E-state index in [0.717, 1.165) is 0 Å². The van der Waals surface area contributed by atoms with Crippen LogP contribution < -0.4 is 0 Å². The summed E-state index contributed by atoms with van der Waals surface area (Å²) >= 11 is 0. The zero-order chi connectivity index (χ0) is 35.2. The molecule has 12 aromatic carbocycles. The molecule has 0 N–H and O–H groups in total. The van der Waals surface area contributed by atoms with Crippen molar-refractivity contribution in [1.29, 1.82) is 0 Å². The van der Waals surface area contributed by atoms with Crippen LogP contribution in [0, 0.1) is 6.92 Å². The van der Waals surface area contributed by atoms with E-state index in [4.69, 9.17) is 0 Å². The summed E-state index contributed by atoms with van der Waals surface area (Å²) in [5, 5.41) is 21.0.